The number of carbonyl (C=O) groups is 5. The van der Waals surface area contributed by atoms with Gasteiger partial charge in [0.05, 0.1) is 30.8 Å². The highest BCUT2D eigenvalue weighted by atomic mass is 19.4. The SMILES string of the molecule is COc1cc2nc(C)nc(N[C@H](C)c3cc(N)cc(C(F)(F)F)c3)c2cc1O[C@H]1CCN(C(=O)CCC(=O)Nc2ccc3c(c2)CN(C2CCC(=O)NC2=O)C3=O)C1. The third-order valence-corrected chi connectivity index (χ3v) is 10.4. The van der Waals surface area contributed by atoms with Crippen LogP contribution in [0.4, 0.5) is 30.4 Å². The summed E-state index contributed by atoms with van der Waals surface area (Å²) in [4.78, 5) is 75.1. The third-order valence-electron chi connectivity index (χ3n) is 10.4. The van der Waals surface area contributed by atoms with E-state index in [1.54, 1.807) is 49.1 Å². The molecule has 4 heterocycles. The van der Waals surface area contributed by atoms with Crippen LogP contribution < -0.4 is 31.2 Å². The number of piperidine rings is 1. The van der Waals surface area contributed by atoms with E-state index in [4.69, 9.17) is 15.2 Å². The number of amides is 5. The minimum absolute atomic E-state index is 0.0209. The standard InChI is InChI=1S/C40H41F3N8O7/c1-20(22-12-24(40(41,42)43)15-25(44)13-22)45-37-29-16-33(32(57-3)17-30(29)46-21(2)47-37)58-27-10-11-50(19-27)36(54)9-8-34(52)48-26-4-5-28-23(14-26)18-51(39(28)56)31-6-7-35(53)49-38(31)55/h4-5,12-17,20,27,31H,6-11,18-19,44H2,1-3H3,(H,48,52)(H,45,46,47)(H,49,53,55)/t20-,27+,31?/m1/s1. The highest BCUT2D eigenvalue weighted by Gasteiger charge is 2.39. The van der Waals surface area contributed by atoms with E-state index >= 15 is 0 Å². The number of alkyl halides is 3. The Balaban J connectivity index is 0.957. The smallest absolute Gasteiger partial charge is 0.416 e. The fraction of sp³-hybridized carbons (Fsp3) is 0.375. The first-order chi connectivity index (χ1) is 27.6. The number of nitrogens with zero attached hydrogens (tertiary/aromatic N) is 4. The highest BCUT2D eigenvalue weighted by molar-refractivity contribution is 6.06. The predicted octanol–water partition coefficient (Wildman–Crippen LogP) is 4.88. The highest BCUT2D eigenvalue weighted by Crippen LogP contribution is 2.38. The summed E-state index contributed by atoms with van der Waals surface area (Å²) in [6.45, 7) is 4.21. The molecule has 3 atom stereocenters. The molecule has 4 aromatic rings. The molecule has 7 rings (SSSR count). The van der Waals surface area contributed by atoms with Gasteiger partial charge < -0.3 is 35.6 Å². The normalized spacial score (nSPS) is 18.6. The Hall–Kier alpha value is -6.46. The Bertz CT molecular complexity index is 2340. The van der Waals surface area contributed by atoms with Crippen LogP contribution in [0, 0.1) is 6.92 Å². The number of aryl methyl sites for hydroxylation is 1. The molecule has 2 saturated heterocycles. The average Bonchev–Trinajstić information content (AvgIpc) is 3.77. The monoisotopic (exact) mass is 802 g/mol. The number of fused-ring (bicyclic) bond motifs is 2. The molecule has 5 N–H and O–H groups in total. The van der Waals surface area contributed by atoms with Crippen LogP contribution in [0.5, 0.6) is 11.5 Å². The molecule has 58 heavy (non-hydrogen) atoms. The van der Waals surface area contributed by atoms with Crippen LogP contribution in [-0.2, 0) is 31.9 Å². The van der Waals surface area contributed by atoms with Crippen molar-refractivity contribution in [2.45, 2.75) is 76.9 Å². The minimum Gasteiger partial charge on any atom is -0.493 e. The molecule has 5 amide bonds. The summed E-state index contributed by atoms with van der Waals surface area (Å²) in [5, 5.41) is 8.79. The van der Waals surface area contributed by atoms with Crippen molar-refractivity contribution in [3.8, 4) is 11.5 Å². The second-order valence-electron chi connectivity index (χ2n) is 14.6. The molecular formula is C40H41F3N8O7. The fourth-order valence-corrected chi connectivity index (χ4v) is 7.48. The van der Waals surface area contributed by atoms with Crippen molar-refractivity contribution in [1.82, 2.24) is 25.1 Å². The molecule has 1 aromatic heterocycles. The second-order valence-corrected chi connectivity index (χ2v) is 14.6. The van der Waals surface area contributed by atoms with Gasteiger partial charge in [0.25, 0.3) is 5.91 Å². The number of hydrogen-bond donors (Lipinski definition) is 4. The number of carbonyl (C=O) groups excluding carboxylic acids is 5. The van der Waals surface area contributed by atoms with Crippen molar-refractivity contribution in [2.24, 2.45) is 0 Å². The lowest BCUT2D eigenvalue weighted by molar-refractivity contribution is -0.138. The van der Waals surface area contributed by atoms with Crippen LogP contribution in [0.25, 0.3) is 10.9 Å². The van der Waals surface area contributed by atoms with Gasteiger partial charge in [-0.25, -0.2) is 9.97 Å². The van der Waals surface area contributed by atoms with Crippen LogP contribution in [0.1, 0.15) is 77.9 Å². The summed E-state index contributed by atoms with van der Waals surface area (Å²) in [5.41, 5.74) is 7.27. The topological polar surface area (TPSA) is 198 Å². The van der Waals surface area contributed by atoms with Crippen molar-refractivity contribution in [3.63, 3.8) is 0 Å². The Morgan fingerprint density at radius 2 is 1.83 bits per heavy atom. The van der Waals surface area contributed by atoms with E-state index in [2.05, 4.69) is 25.9 Å². The van der Waals surface area contributed by atoms with Gasteiger partial charge in [-0.3, -0.25) is 29.3 Å². The van der Waals surface area contributed by atoms with Gasteiger partial charge in [0.1, 0.15) is 23.8 Å². The lowest BCUT2D eigenvalue weighted by atomic mass is 10.0. The zero-order valence-electron chi connectivity index (χ0n) is 31.9. The van der Waals surface area contributed by atoms with E-state index < -0.39 is 35.8 Å². The van der Waals surface area contributed by atoms with Gasteiger partial charge >= 0.3 is 6.18 Å². The molecule has 18 heteroatoms. The van der Waals surface area contributed by atoms with Crippen LogP contribution in [0.2, 0.25) is 0 Å². The molecule has 2 fully saturated rings. The maximum atomic E-state index is 13.5. The molecular weight excluding hydrogens is 761 g/mol. The number of benzene rings is 3. The lowest BCUT2D eigenvalue weighted by Gasteiger charge is -2.29. The Morgan fingerprint density at radius 1 is 1.03 bits per heavy atom. The predicted molar refractivity (Wildman–Crippen MR) is 205 cm³/mol. The molecule has 0 aliphatic carbocycles. The Labute approximate surface area is 330 Å². The van der Waals surface area contributed by atoms with Gasteiger partial charge in [0.15, 0.2) is 11.5 Å². The van der Waals surface area contributed by atoms with Gasteiger partial charge in [-0.1, -0.05) is 0 Å². The number of rotatable bonds is 11. The molecule has 15 nitrogen and oxygen atoms in total. The van der Waals surface area contributed by atoms with Crippen molar-refractivity contribution >= 4 is 57.6 Å². The number of ether oxygens (including phenoxy) is 2. The summed E-state index contributed by atoms with van der Waals surface area (Å²) in [6, 6.07) is 10.2. The zero-order chi connectivity index (χ0) is 41.5. The first-order valence-electron chi connectivity index (χ1n) is 18.7. The maximum Gasteiger partial charge on any atom is 0.416 e. The number of nitrogens with one attached hydrogen (secondary N) is 3. The van der Waals surface area contributed by atoms with Gasteiger partial charge in [-0.05, 0) is 73.9 Å². The summed E-state index contributed by atoms with van der Waals surface area (Å²) in [5.74, 6) is -0.293. The molecule has 3 aliphatic rings. The number of nitrogens with two attached hydrogens (primary N) is 1. The Morgan fingerprint density at radius 3 is 2.57 bits per heavy atom. The summed E-state index contributed by atoms with van der Waals surface area (Å²) in [7, 11) is 1.48. The number of anilines is 3. The number of hydrogen-bond acceptors (Lipinski definition) is 11. The molecule has 0 spiro atoms. The van der Waals surface area contributed by atoms with Crippen LogP contribution >= 0.6 is 0 Å². The summed E-state index contributed by atoms with van der Waals surface area (Å²) >= 11 is 0. The second kappa shape index (κ2) is 15.8. The largest absolute Gasteiger partial charge is 0.493 e. The zero-order valence-corrected chi connectivity index (χ0v) is 31.9. The number of nitrogen functional groups attached to an aromatic ring is 1. The molecule has 0 radical (unpaired) electrons. The molecule has 3 aliphatic heterocycles. The maximum absolute atomic E-state index is 13.5. The quantitative estimate of drug-likeness (QED) is 0.119. The van der Waals surface area contributed by atoms with E-state index in [0.717, 1.165) is 12.1 Å². The first kappa shape index (κ1) is 39.8. The van der Waals surface area contributed by atoms with E-state index in [-0.39, 0.29) is 68.1 Å². The van der Waals surface area contributed by atoms with Crippen LogP contribution in [-0.4, -0.2) is 81.6 Å². The van der Waals surface area contributed by atoms with Crippen molar-refractivity contribution in [2.75, 3.05) is 36.6 Å². The average molecular weight is 803 g/mol. The third kappa shape index (κ3) is 8.45. The van der Waals surface area contributed by atoms with Crippen molar-refractivity contribution in [1.29, 1.82) is 0 Å². The summed E-state index contributed by atoms with van der Waals surface area (Å²) < 4.78 is 52.5. The van der Waals surface area contributed by atoms with Gasteiger partial charge in [0.2, 0.25) is 23.6 Å². The van der Waals surface area contributed by atoms with Crippen LogP contribution in [0.3, 0.4) is 0 Å². The van der Waals surface area contributed by atoms with Crippen LogP contribution in [0.15, 0.2) is 48.5 Å². The van der Waals surface area contributed by atoms with Crippen molar-refractivity contribution < 1.29 is 46.6 Å². The van der Waals surface area contributed by atoms with E-state index in [0.29, 0.717) is 69.4 Å². The Kier molecular flexibility index (Phi) is 10.8. The first-order valence-corrected chi connectivity index (χ1v) is 18.7. The molecule has 0 bridgehead atoms. The van der Waals surface area contributed by atoms with E-state index in [1.807, 2.05) is 0 Å². The molecule has 3 aromatic carbocycles. The van der Waals surface area contributed by atoms with Gasteiger partial charge in [-0.15, -0.1) is 0 Å². The van der Waals surface area contributed by atoms with E-state index in [1.165, 1.54) is 18.1 Å². The molecule has 1 unspecified atom stereocenters. The van der Waals surface area contributed by atoms with Gasteiger partial charge in [-0.2, -0.15) is 13.2 Å². The number of halogens is 3. The minimum atomic E-state index is -4.57. The number of likely N-dealkylation sites (tertiary alicyclic amines) is 1. The fourth-order valence-electron chi connectivity index (χ4n) is 7.48. The number of methoxy groups -OCH3 is 1. The molecule has 0 saturated carbocycles. The lowest BCUT2D eigenvalue weighted by Crippen LogP contribution is -2.52. The van der Waals surface area contributed by atoms with E-state index in [9.17, 15) is 37.1 Å². The summed E-state index contributed by atoms with van der Waals surface area (Å²) in [6.07, 6.45) is -4.22. The number of aromatic nitrogens is 2. The van der Waals surface area contributed by atoms with Crippen molar-refractivity contribution in [3.05, 3.63) is 76.6 Å². The van der Waals surface area contributed by atoms with Gasteiger partial charge in [0, 0.05) is 67.2 Å². The molecule has 304 valence electrons. The number of imide groups is 1.